The normalized spacial score (nSPS) is 9.43. The zero-order valence-electron chi connectivity index (χ0n) is 30.2. The summed E-state index contributed by atoms with van der Waals surface area (Å²) in [6.45, 7) is 8.94. The smallest absolute Gasteiger partial charge is 0.685 e. The van der Waals surface area contributed by atoms with E-state index in [-0.39, 0.29) is 26.2 Å². The maximum atomic E-state index is 4.43. The molecule has 5 heteroatoms. The van der Waals surface area contributed by atoms with Crippen LogP contribution in [0.5, 0.6) is 0 Å². The second kappa shape index (κ2) is 26.2. The summed E-state index contributed by atoms with van der Waals surface area (Å²) in [6.07, 6.45) is 0. The first-order chi connectivity index (χ1) is 25.8. The van der Waals surface area contributed by atoms with E-state index in [2.05, 4.69) is 119 Å². The SMILES string of the molecule is C=C.[Zr+4].c1ccc([N-]CC[N-]c2ccccc2)cc1.c1ccc([N-]CC[N-]c2ccccc2)cc1.c1ccc2[cH-]ccc2c1.c1ccc2[cH-]ccc2c1. The van der Waals surface area contributed by atoms with E-state index in [4.69, 9.17) is 0 Å². The fraction of sp³-hybridized carbons (Fsp3) is 0.0833. The van der Waals surface area contributed by atoms with Gasteiger partial charge in [-0.25, -0.2) is 0 Å². The zero-order valence-corrected chi connectivity index (χ0v) is 32.6. The van der Waals surface area contributed by atoms with E-state index in [9.17, 15) is 0 Å². The fourth-order valence-corrected chi connectivity index (χ4v) is 4.99. The van der Waals surface area contributed by atoms with E-state index >= 15 is 0 Å². The molecule has 0 aliphatic heterocycles. The molecule has 0 N–H and O–H groups in total. The average Bonchev–Trinajstić information content (AvgIpc) is 3.92. The molecule has 0 radical (unpaired) electrons. The molecule has 8 rings (SSSR count). The van der Waals surface area contributed by atoms with Crippen molar-refractivity contribution in [1.29, 1.82) is 0 Å². The Morgan fingerprint density at radius 3 is 0.830 bits per heavy atom. The molecule has 0 fully saturated rings. The monoisotopic (exact) mass is 768 g/mol. The predicted octanol–water partition coefficient (Wildman–Crippen LogP) is 14.7. The van der Waals surface area contributed by atoms with Crippen LogP contribution in [0.1, 0.15) is 0 Å². The maximum Gasteiger partial charge on any atom is 4.00 e. The molecule has 8 aromatic carbocycles. The summed E-state index contributed by atoms with van der Waals surface area (Å²) >= 11 is 0. The van der Waals surface area contributed by atoms with Gasteiger partial charge in [-0.3, -0.25) is 0 Å². The minimum absolute atomic E-state index is 0. The number of hydrogen-bond donors (Lipinski definition) is 0. The summed E-state index contributed by atoms with van der Waals surface area (Å²) in [7, 11) is 0. The summed E-state index contributed by atoms with van der Waals surface area (Å²) in [5, 5.41) is 23.0. The van der Waals surface area contributed by atoms with Crippen molar-refractivity contribution < 1.29 is 26.2 Å². The third-order valence-electron chi connectivity index (χ3n) is 7.50. The van der Waals surface area contributed by atoms with Crippen LogP contribution in [0.3, 0.4) is 0 Å². The molecule has 0 spiro atoms. The molecule has 0 saturated carbocycles. The van der Waals surface area contributed by atoms with Gasteiger partial charge < -0.3 is 21.3 Å². The molecule has 0 heterocycles. The Morgan fingerprint density at radius 1 is 0.321 bits per heavy atom. The Morgan fingerprint density at radius 2 is 0.566 bits per heavy atom. The van der Waals surface area contributed by atoms with Crippen LogP contribution in [0.25, 0.3) is 42.8 Å². The van der Waals surface area contributed by atoms with E-state index in [0.29, 0.717) is 0 Å². The molecule has 0 bridgehead atoms. The summed E-state index contributed by atoms with van der Waals surface area (Å²) < 4.78 is 0. The molecule has 0 saturated heterocycles. The summed E-state index contributed by atoms with van der Waals surface area (Å²) in [5.41, 5.74) is 4.08. The molecule has 0 atom stereocenters. The minimum Gasteiger partial charge on any atom is -0.685 e. The van der Waals surface area contributed by atoms with Gasteiger partial charge in [0.1, 0.15) is 0 Å². The fourth-order valence-electron chi connectivity index (χ4n) is 4.99. The molecule has 0 amide bonds. The summed E-state index contributed by atoms with van der Waals surface area (Å²) in [5.74, 6) is 0. The van der Waals surface area contributed by atoms with Gasteiger partial charge in [0.2, 0.25) is 0 Å². The Labute approximate surface area is 335 Å². The van der Waals surface area contributed by atoms with Gasteiger partial charge in [-0.2, -0.15) is 35.0 Å². The van der Waals surface area contributed by atoms with Gasteiger partial charge in [0.25, 0.3) is 0 Å². The van der Waals surface area contributed by atoms with Crippen LogP contribution in [0.2, 0.25) is 0 Å². The van der Waals surface area contributed by atoms with E-state index in [0.717, 1.165) is 48.9 Å². The summed E-state index contributed by atoms with van der Waals surface area (Å²) in [6, 6.07) is 69.3. The summed E-state index contributed by atoms with van der Waals surface area (Å²) in [4.78, 5) is 0. The van der Waals surface area contributed by atoms with Crippen molar-refractivity contribution in [2.75, 3.05) is 26.2 Å². The number of rotatable bonds is 10. The van der Waals surface area contributed by atoms with Crippen molar-refractivity contribution >= 4 is 44.3 Å². The number of para-hydroxylation sites is 4. The van der Waals surface area contributed by atoms with Gasteiger partial charge in [0.05, 0.1) is 0 Å². The van der Waals surface area contributed by atoms with Crippen LogP contribution >= 0.6 is 0 Å². The Kier molecular flexibility index (Phi) is 20.6. The van der Waals surface area contributed by atoms with Crippen LogP contribution in [0.15, 0.2) is 219 Å². The minimum atomic E-state index is 0. The molecular weight excluding hydrogens is 724 g/mol. The second-order valence-corrected chi connectivity index (χ2v) is 11.2. The van der Waals surface area contributed by atoms with Crippen LogP contribution in [-0.4, -0.2) is 26.2 Å². The standard InChI is InChI=1S/2C14H14N2.2C9H7.C2H4.Zr/c2*1-3-7-13(8-4-1)15-11-12-16-14-9-5-2-6-10-14;2*1-2-5-9-7-3-6-8(9)4-1;1-2;/h2*1-10H,11-12H2;2*1-7H;1-2H2;/q2*-2;2*-1;;+4. The van der Waals surface area contributed by atoms with Crippen LogP contribution in [0, 0.1) is 0 Å². The van der Waals surface area contributed by atoms with E-state index in [1.807, 2.05) is 121 Å². The molecule has 0 aliphatic carbocycles. The third-order valence-corrected chi connectivity index (χ3v) is 7.50. The molecule has 0 aromatic heterocycles. The van der Waals surface area contributed by atoms with Gasteiger partial charge in [-0.15, -0.1) is 121 Å². The first-order valence-electron chi connectivity index (χ1n) is 17.4. The van der Waals surface area contributed by atoms with Gasteiger partial charge in [-0.05, 0) is 0 Å². The van der Waals surface area contributed by atoms with E-state index < -0.39 is 0 Å². The van der Waals surface area contributed by atoms with Crippen molar-refractivity contribution in [2.45, 2.75) is 0 Å². The Hall–Kier alpha value is -5.64. The molecule has 8 aromatic rings. The average molecular weight is 770 g/mol. The number of benzene rings is 6. The van der Waals surface area contributed by atoms with E-state index in [1.165, 1.54) is 21.5 Å². The molecule has 0 aliphatic rings. The first kappa shape index (κ1) is 41.8. The third kappa shape index (κ3) is 16.5. The largest absolute Gasteiger partial charge is 4.00 e. The molecule has 264 valence electrons. The number of nitrogens with zero attached hydrogens (tertiary/aromatic N) is 4. The number of fused-ring (bicyclic) bond motifs is 2. The molecule has 53 heavy (non-hydrogen) atoms. The molecule has 4 nitrogen and oxygen atoms in total. The molecule has 0 unspecified atom stereocenters. The van der Waals surface area contributed by atoms with Crippen molar-refractivity contribution in [3.8, 4) is 0 Å². The molecular formula is C48H46N4Zr-2. The Bertz CT molecular complexity index is 1730. The van der Waals surface area contributed by atoms with Gasteiger partial charge in [-0.1, -0.05) is 133 Å². The maximum absolute atomic E-state index is 4.43. The van der Waals surface area contributed by atoms with Crippen molar-refractivity contribution in [2.24, 2.45) is 0 Å². The quantitative estimate of drug-likeness (QED) is 0.0756. The number of hydrogen-bond acceptors (Lipinski definition) is 0. The van der Waals surface area contributed by atoms with Gasteiger partial charge >= 0.3 is 26.2 Å². The predicted molar refractivity (Wildman–Crippen MR) is 228 cm³/mol. The first-order valence-corrected chi connectivity index (χ1v) is 17.4. The van der Waals surface area contributed by atoms with E-state index in [1.54, 1.807) is 0 Å². The van der Waals surface area contributed by atoms with Crippen molar-refractivity contribution in [1.82, 2.24) is 0 Å². The second-order valence-electron chi connectivity index (χ2n) is 11.2. The van der Waals surface area contributed by atoms with Crippen molar-refractivity contribution in [3.05, 3.63) is 241 Å². The van der Waals surface area contributed by atoms with Crippen LogP contribution < -0.4 is 0 Å². The Balaban J connectivity index is 0.000000192. The zero-order chi connectivity index (χ0) is 36.3. The van der Waals surface area contributed by atoms with Crippen LogP contribution in [-0.2, 0) is 26.2 Å². The van der Waals surface area contributed by atoms with Gasteiger partial charge in [0, 0.05) is 0 Å². The topological polar surface area (TPSA) is 56.4 Å². The van der Waals surface area contributed by atoms with Crippen LogP contribution in [0.4, 0.5) is 22.7 Å². The van der Waals surface area contributed by atoms with Crippen molar-refractivity contribution in [3.63, 3.8) is 0 Å². The van der Waals surface area contributed by atoms with Gasteiger partial charge in [0.15, 0.2) is 0 Å².